The van der Waals surface area contributed by atoms with Crippen molar-refractivity contribution < 1.29 is 18.1 Å². The fraction of sp³-hybridized carbons (Fsp3) is 0.133. The zero-order valence-electron chi connectivity index (χ0n) is 10.8. The van der Waals surface area contributed by atoms with Gasteiger partial charge in [0.2, 0.25) is 0 Å². The number of ether oxygens (including phenoxy) is 1. The highest BCUT2D eigenvalue weighted by Crippen LogP contribution is 2.22. The Morgan fingerprint density at radius 2 is 1.80 bits per heavy atom. The molecule has 5 heteroatoms. The third-order valence-electron chi connectivity index (χ3n) is 2.75. The van der Waals surface area contributed by atoms with E-state index in [1.807, 2.05) is 0 Å². The van der Waals surface area contributed by atoms with E-state index in [9.17, 15) is 13.4 Å². The van der Waals surface area contributed by atoms with Crippen molar-refractivity contribution in [2.45, 2.75) is 4.90 Å². The highest BCUT2D eigenvalue weighted by atomic mass is 32.2. The Bertz CT molecular complexity index is 655. The molecule has 2 aromatic carbocycles. The molecule has 20 heavy (non-hydrogen) atoms. The maximum Gasteiger partial charge on any atom is 0.178 e. The summed E-state index contributed by atoms with van der Waals surface area (Å²) in [6, 6.07) is 12.4. The van der Waals surface area contributed by atoms with E-state index >= 15 is 0 Å². The molecule has 0 aliphatic rings. The van der Waals surface area contributed by atoms with E-state index in [4.69, 9.17) is 4.74 Å². The molecule has 0 heterocycles. The fourth-order valence-corrected chi connectivity index (χ4v) is 2.92. The molecule has 0 saturated heterocycles. The van der Waals surface area contributed by atoms with Crippen LogP contribution in [0.3, 0.4) is 0 Å². The highest BCUT2D eigenvalue weighted by Gasteiger charge is 2.17. The number of ketones is 1. The molecule has 0 N–H and O–H groups in total. The van der Waals surface area contributed by atoms with Crippen molar-refractivity contribution in [1.29, 1.82) is 0 Å². The lowest BCUT2D eigenvalue weighted by Crippen LogP contribution is -2.13. The smallest absolute Gasteiger partial charge is 0.178 e. The lowest BCUT2D eigenvalue weighted by molar-refractivity contribution is 0.101. The second-order valence-electron chi connectivity index (χ2n) is 4.04. The van der Waals surface area contributed by atoms with Crippen molar-refractivity contribution in [2.75, 3.05) is 12.9 Å². The van der Waals surface area contributed by atoms with E-state index in [1.54, 1.807) is 30.3 Å². The molecule has 3 nitrogen and oxygen atoms in total. The molecule has 0 bridgehead atoms. The maximum absolute atomic E-state index is 13.5. The summed E-state index contributed by atoms with van der Waals surface area (Å²) in [5, 5.41) is 0. The van der Waals surface area contributed by atoms with E-state index in [2.05, 4.69) is 0 Å². The van der Waals surface area contributed by atoms with Gasteiger partial charge in [-0.1, -0.05) is 24.3 Å². The van der Waals surface area contributed by atoms with Gasteiger partial charge in [-0.2, -0.15) is 0 Å². The van der Waals surface area contributed by atoms with Crippen molar-refractivity contribution in [3.8, 4) is 5.75 Å². The van der Waals surface area contributed by atoms with Crippen molar-refractivity contribution >= 4 is 16.6 Å². The molecule has 104 valence electrons. The Balaban J connectivity index is 2.20. The number of hydrogen-bond acceptors (Lipinski definition) is 3. The van der Waals surface area contributed by atoms with Crippen molar-refractivity contribution in [2.24, 2.45) is 0 Å². The van der Waals surface area contributed by atoms with Crippen molar-refractivity contribution in [3.63, 3.8) is 0 Å². The van der Waals surface area contributed by atoms with Crippen LogP contribution in [0, 0.1) is 5.82 Å². The zero-order valence-corrected chi connectivity index (χ0v) is 11.7. The average molecular weight is 292 g/mol. The van der Waals surface area contributed by atoms with Crippen LogP contribution in [0.4, 0.5) is 4.39 Å². The van der Waals surface area contributed by atoms with E-state index in [0.29, 0.717) is 10.6 Å². The number of para-hydroxylation sites is 1. The summed E-state index contributed by atoms with van der Waals surface area (Å²) in [6.45, 7) is 0. The molecule has 0 fully saturated rings. The van der Waals surface area contributed by atoms with Crippen molar-refractivity contribution in [3.05, 3.63) is 59.9 Å². The van der Waals surface area contributed by atoms with Gasteiger partial charge in [-0.3, -0.25) is 9.00 Å². The van der Waals surface area contributed by atoms with Crippen LogP contribution in [0.2, 0.25) is 0 Å². The SMILES string of the molecule is COc1ccccc1S(=O)CC(=O)c1ccccc1F. The van der Waals surface area contributed by atoms with Gasteiger partial charge >= 0.3 is 0 Å². The molecule has 0 aromatic heterocycles. The Morgan fingerprint density at radius 1 is 1.15 bits per heavy atom. The summed E-state index contributed by atoms with van der Waals surface area (Å²) in [4.78, 5) is 12.4. The number of methoxy groups -OCH3 is 1. The number of benzene rings is 2. The highest BCUT2D eigenvalue weighted by molar-refractivity contribution is 7.86. The summed E-state index contributed by atoms with van der Waals surface area (Å²) in [5.41, 5.74) is -0.0456. The van der Waals surface area contributed by atoms with Gasteiger partial charge in [0.1, 0.15) is 11.6 Å². The van der Waals surface area contributed by atoms with Crippen LogP contribution in [0.5, 0.6) is 5.75 Å². The first-order chi connectivity index (χ1) is 9.63. The monoisotopic (exact) mass is 292 g/mol. The Kier molecular flexibility index (Phi) is 4.63. The number of rotatable bonds is 5. The quantitative estimate of drug-likeness (QED) is 0.796. The van der Waals surface area contributed by atoms with Gasteiger partial charge in [0.05, 0.1) is 34.1 Å². The largest absolute Gasteiger partial charge is 0.495 e. The van der Waals surface area contributed by atoms with Gasteiger partial charge in [-0.15, -0.1) is 0 Å². The molecule has 2 rings (SSSR count). The van der Waals surface area contributed by atoms with Gasteiger partial charge in [0.15, 0.2) is 5.78 Å². The van der Waals surface area contributed by atoms with Crippen LogP contribution in [0.25, 0.3) is 0 Å². The molecule has 0 radical (unpaired) electrons. The van der Waals surface area contributed by atoms with Crippen LogP contribution in [0.15, 0.2) is 53.4 Å². The Hall–Kier alpha value is -2.01. The predicted octanol–water partition coefficient (Wildman–Crippen LogP) is 2.82. The first-order valence-corrected chi connectivity index (χ1v) is 7.24. The minimum absolute atomic E-state index is 0.0456. The van der Waals surface area contributed by atoms with Gasteiger partial charge < -0.3 is 4.74 Å². The minimum Gasteiger partial charge on any atom is -0.495 e. The molecule has 1 atom stereocenters. The average Bonchev–Trinajstić information content (AvgIpc) is 2.47. The normalized spacial score (nSPS) is 11.9. The third-order valence-corrected chi connectivity index (χ3v) is 4.10. The number of Topliss-reactive ketones (excluding diaryl/α,β-unsaturated/α-hetero) is 1. The third kappa shape index (κ3) is 3.11. The van der Waals surface area contributed by atoms with Crippen LogP contribution in [-0.2, 0) is 10.8 Å². The number of carbonyl (C=O) groups excluding carboxylic acids is 1. The van der Waals surface area contributed by atoms with Gasteiger partial charge in [-0.25, -0.2) is 4.39 Å². The fourth-order valence-electron chi connectivity index (χ4n) is 1.77. The summed E-state index contributed by atoms with van der Waals surface area (Å²) < 4.78 is 30.8. The maximum atomic E-state index is 13.5. The van der Waals surface area contributed by atoms with Gasteiger partial charge in [0.25, 0.3) is 0 Å². The molecule has 0 spiro atoms. The van der Waals surface area contributed by atoms with Crippen LogP contribution < -0.4 is 4.74 Å². The van der Waals surface area contributed by atoms with Gasteiger partial charge in [0, 0.05) is 0 Å². The van der Waals surface area contributed by atoms with E-state index in [0.717, 1.165) is 0 Å². The number of halogens is 1. The van der Waals surface area contributed by atoms with Crippen LogP contribution >= 0.6 is 0 Å². The topological polar surface area (TPSA) is 43.4 Å². The minimum atomic E-state index is -1.57. The van der Waals surface area contributed by atoms with Gasteiger partial charge in [-0.05, 0) is 24.3 Å². The molecular weight excluding hydrogens is 279 g/mol. The van der Waals surface area contributed by atoms with E-state index in [-0.39, 0.29) is 11.3 Å². The first-order valence-electron chi connectivity index (χ1n) is 5.92. The lowest BCUT2D eigenvalue weighted by atomic mass is 10.1. The van der Waals surface area contributed by atoms with Crippen molar-refractivity contribution in [1.82, 2.24) is 0 Å². The van der Waals surface area contributed by atoms with Crippen LogP contribution in [-0.4, -0.2) is 22.9 Å². The second kappa shape index (κ2) is 6.43. The number of carbonyl (C=O) groups is 1. The summed E-state index contributed by atoms with van der Waals surface area (Å²) in [7, 11) is -0.108. The second-order valence-corrected chi connectivity index (χ2v) is 5.46. The Labute approximate surface area is 118 Å². The molecule has 0 amide bonds. The standard InChI is InChI=1S/C15H13FO3S/c1-19-14-8-4-5-9-15(14)20(18)10-13(17)11-6-2-3-7-12(11)16/h2-9H,10H2,1H3. The molecule has 1 unspecified atom stereocenters. The van der Waals surface area contributed by atoms with Crippen LogP contribution in [0.1, 0.15) is 10.4 Å². The summed E-state index contributed by atoms with van der Waals surface area (Å²) in [5.74, 6) is -0.921. The predicted molar refractivity (Wildman–Crippen MR) is 75.0 cm³/mol. The zero-order chi connectivity index (χ0) is 14.5. The van der Waals surface area contributed by atoms with E-state index in [1.165, 1.54) is 25.3 Å². The molecule has 0 saturated carbocycles. The first kappa shape index (κ1) is 14.4. The number of hydrogen-bond donors (Lipinski definition) is 0. The molecule has 0 aliphatic carbocycles. The molecule has 2 aromatic rings. The Morgan fingerprint density at radius 3 is 2.50 bits per heavy atom. The summed E-state index contributed by atoms with van der Waals surface area (Å²) >= 11 is 0. The van der Waals surface area contributed by atoms with E-state index < -0.39 is 22.4 Å². The lowest BCUT2D eigenvalue weighted by Gasteiger charge is -2.07. The molecule has 0 aliphatic heterocycles. The summed E-state index contributed by atoms with van der Waals surface area (Å²) in [6.07, 6.45) is 0. The molecular formula is C15H13FO3S.